The van der Waals surface area contributed by atoms with Gasteiger partial charge >= 0.3 is 5.97 Å². The van der Waals surface area contributed by atoms with Crippen molar-refractivity contribution in [2.24, 2.45) is 7.05 Å². The summed E-state index contributed by atoms with van der Waals surface area (Å²) in [7, 11) is 3.14. The second-order valence-corrected chi connectivity index (χ2v) is 4.01. The number of nitrogens with zero attached hydrogens (tertiary/aromatic N) is 2. The fourth-order valence-electron chi connectivity index (χ4n) is 1.64. The second kappa shape index (κ2) is 6.15. The number of rotatable bonds is 6. The van der Waals surface area contributed by atoms with Gasteiger partial charge in [0, 0.05) is 26.8 Å². The minimum atomic E-state index is -1.08. The lowest BCUT2D eigenvalue weighted by atomic mass is 10.1. The van der Waals surface area contributed by atoms with Crippen molar-refractivity contribution in [2.75, 3.05) is 13.7 Å². The van der Waals surface area contributed by atoms with E-state index < -0.39 is 17.9 Å². The fraction of sp³-hybridized carbons (Fsp3) is 0.545. The Balaban J connectivity index is 2.72. The molecule has 0 bridgehead atoms. The lowest BCUT2D eigenvalue weighted by Gasteiger charge is -2.13. The van der Waals surface area contributed by atoms with Gasteiger partial charge in [-0.05, 0) is 12.5 Å². The number of methoxy groups -OCH3 is 1. The van der Waals surface area contributed by atoms with E-state index in [0.717, 1.165) is 11.3 Å². The van der Waals surface area contributed by atoms with Crippen molar-refractivity contribution >= 4 is 11.9 Å². The van der Waals surface area contributed by atoms with Gasteiger partial charge in [-0.15, -0.1) is 0 Å². The molecule has 0 spiro atoms. The first-order valence-electron chi connectivity index (χ1n) is 5.44. The van der Waals surface area contributed by atoms with Gasteiger partial charge in [-0.2, -0.15) is 5.10 Å². The Labute approximate surface area is 105 Å². The normalized spacial score (nSPS) is 12.2. The SMILES string of the molecule is COCC(=O)NC(Cc1cn(C)nc1C)C(=O)O. The van der Waals surface area contributed by atoms with Gasteiger partial charge in [0.1, 0.15) is 12.6 Å². The van der Waals surface area contributed by atoms with Crippen LogP contribution in [0.15, 0.2) is 6.20 Å². The van der Waals surface area contributed by atoms with E-state index in [2.05, 4.69) is 15.2 Å². The molecule has 1 heterocycles. The third-order valence-electron chi connectivity index (χ3n) is 2.45. The summed E-state index contributed by atoms with van der Waals surface area (Å²) in [6, 6.07) is -0.976. The Hall–Kier alpha value is -1.89. The molecule has 7 heteroatoms. The zero-order valence-electron chi connectivity index (χ0n) is 10.6. The topological polar surface area (TPSA) is 93.5 Å². The predicted octanol–water partition coefficient (Wildman–Crippen LogP) is -0.513. The molecule has 0 aliphatic rings. The Bertz CT molecular complexity index is 441. The first kappa shape index (κ1) is 14.2. The van der Waals surface area contributed by atoms with Crippen LogP contribution in [-0.4, -0.2) is 46.5 Å². The summed E-state index contributed by atoms with van der Waals surface area (Å²) in [5.41, 5.74) is 1.55. The van der Waals surface area contributed by atoms with Crippen molar-refractivity contribution in [3.05, 3.63) is 17.5 Å². The minimum absolute atomic E-state index is 0.157. The summed E-state index contributed by atoms with van der Waals surface area (Å²) in [6.45, 7) is 1.64. The molecule has 1 unspecified atom stereocenters. The van der Waals surface area contributed by atoms with E-state index in [4.69, 9.17) is 5.11 Å². The highest BCUT2D eigenvalue weighted by Crippen LogP contribution is 2.08. The predicted molar refractivity (Wildman–Crippen MR) is 63.1 cm³/mol. The van der Waals surface area contributed by atoms with Crippen LogP contribution in [0.1, 0.15) is 11.3 Å². The van der Waals surface area contributed by atoms with E-state index in [1.165, 1.54) is 7.11 Å². The molecule has 0 aromatic carbocycles. The summed E-state index contributed by atoms with van der Waals surface area (Å²) in [5, 5.41) is 15.6. The molecule has 0 saturated carbocycles. The van der Waals surface area contributed by atoms with Crippen LogP contribution >= 0.6 is 0 Å². The summed E-state index contributed by atoms with van der Waals surface area (Å²) in [5.74, 6) is -1.53. The van der Waals surface area contributed by atoms with E-state index in [-0.39, 0.29) is 13.0 Å². The van der Waals surface area contributed by atoms with Gasteiger partial charge in [-0.1, -0.05) is 0 Å². The Morgan fingerprint density at radius 3 is 2.72 bits per heavy atom. The second-order valence-electron chi connectivity index (χ2n) is 4.01. The van der Waals surface area contributed by atoms with Crippen molar-refractivity contribution in [1.29, 1.82) is 0 Å². The molecule has 1 aromatic heterocycles. The van der Waals surface area contributed by atoms with Crippen LogP contribution in [0.2, 0.25) is 0 Å². The number of aryl methyl sites for hydroxylation is 2. The van der Waals surface area contributed by atoms with Gasteiger partial charge in [0.15, 0.2) is 0 Å². The van der Waals surface area contributed by atoms with E-state index in [1.807, 2.05) is 0 Å². The minimum Gasteiger partial charge on any atom is -0.480 e. The molecule has 2 N–H and O–H groups in total. The maximum absolute atomic E-state index is 11.3. The number of ether oxygens (including phenoxy) is 1. The molecule has 100 valence electrons. The van der Waals surface area contributed by atoms with Gasteiger partial charge in [0.05, 0.1) is 5.69 Å². The van der Waals surface area contributed by atoms with Gasteiger partial charge < -0.3 is 15.2 Å². The lowest BCUT2D eigenvalue weighted by Crippen LogP contribution is -2.43. The number of carboxylic acid groups (broad SMARTS) is 1. The van der Waals surface area contributed by atoms with Crippen molar-refractivity contribution in [1.82, 2.24) is 15.1 Å². The first-order valence-corrected chi connectivity index (χ1v) is 5.44. The summed E-state index contributed by atoms with van der Waals surface area (Å²) in [6.07, 6.45) is 1.94. The quantitative estimate of drug-likeness (QED) is 0.714. The van der Waals surface area contributed by atoms with Gasteiger partial charge in [-0.3, -0.25) is 9.48 Å². The maximum Gasteiger partial charge on any atom is 0.326 e. The first-order chi connectivity index (χ1) is 8.43. The number of carbonyl (C=O) groups is 2. The third kappa shape index (κ3) is 3.85. The highest BCUT2D eigenvalue weighted by atomic mass is 16.5. The van der Waals surface area contributed by atoms with Crippen LogP contribution in [0.3, 0.4) is 0 Å². The van der Waals surface area contributed by atoms with Crippen LogP contribution < -0.4 is 5.32 Å². The van der Waals surface area contributed by atoms with Crippen molar-refractivity contribution in [3.63, 3.8) is 0 Å². The largest absolute Gasteiger partial charge is 0.480 e. The van der Waals surface area contributed by atoms with Crippen LogP contribution in [0.5, 0.6) is 0 Å². The van der Waals surface area contributed by atoms with Crippen molar-refractivity contribution in [2.45, 2.75) is 19.4 Å². The Morgan fingerprint density at radius 2 is 2.28 bits per heavy atom. The summed E-state index contributed by atoms with van der Waals surface area (Å²) in [4.78, 5) is 22.4. The standard InChI is InChI=1S/C11H17N3O4/c1-7-8(5-14(2)13-7)4-9(11(16)17)12-10(15)6-18-3/h5,9H,4,6H2,1-3H3,(H,12,15)(H,16,17). The van der Waals surface area contributed by atoms with Crippen LogP contribution in [0, 0.1) is 6.92 Å². The number of nitrogens with one attached hydrogen (secondary N) is 1. The monoisotopic (exact) mass is 255 g/mol. The number of aromatic nitrogens is 2. The highest BCUT2D eigenvalue weighted by Gasteiger charge is 2.21. The molecule has 0 aliphatic carbocycles. The molecule has 0 radical (unpaired) electrons. The highest BCUT2D eigenvalue weighted by molar-refractivity contribution is 5.84. The van der Waals surface area contributed by atoms with E-state index in [0.29, 0.717) is 0 Å². The molecule has 18 heavy (non-hydrogen) atoms. The lowest BCUT2D eigenvalue weighted by molar-refractivity contribution is -0.142. The molecule has 1 atom stereocenters. The maximum atomic E-state index is 11.3. The summed E-state index contributed by atoms with van der Waals surface area (Å²) >= 11 is 0. The molecule has 0 saturated heterocycles. The number of aliphatic carboxylic acids is 1. The average molecular weight is 255 g/mol. The molecule has 0 aliphatic heterocycles. The van der Waals surface area contributed by atoms with Crippen LogP contribution in [-0.2, 0) is 27.8 Å². The van der Waals surface area contributed by atoms with Crippen LogP contribution in [0.4, 0.5) is 0 Å². The number of carboxylic acids is 1. The molecule has 0 fully saturated rings. The van der Waals surface area contributed by atoms with E-state index in [1.54, 1.807) is 24.9 Å². The molecule has 1 amide bonds. The molecular weight excluding hydrogens is 238 g/mol. The molecular formula is C11H17N3O4. The Morgan fingerprint density at radius 1 is 1.61 bits per heavy atom. The van der Waals surface area contributed by atoms with Gasteiger partial charge in [0.2, 0.25) is 5.91 Å². The zero-order chi connectivity index (χ0) is 13.7. The smallest absolute Gasteiger partial charge is 0.326 e. The fourth-order valence-corrected chi connectivity index (χ4v) is 1.64. The van der Waals surface area contributed by atoms with Crippen LogP contribution in [0.25, 0.3) is 0 Å². The van der Waals surface area contributed by atoms with Gasteiger partial charge in [0.25, 0.3) is 0 Å². The van der Waals surface area contributed by atoms with E-state index in [9.17, 15) is 9.59 Å². The zero-order valence-corrected chi connectivity index (χ0v) is 10.6. The molecule has 1 aromatic rings. The number of hydrogen-bond donors (Lipinski definition) is 2. The van der Waals surface area contributed by atoms with Gasteiger partial charge in [-0.25, -0.2) is 4.79 Å². The van der Waals surface area contributed by atoms with E-state index >= 15 is 0 Å². The van der Waals surface area contributed by atoms with Crippen molar-refractivity contribution < 1.29 is 19.4 Å². The Kier molecular flexibility index (Phi) is 4.85. The molecule has 1 rings (SSSR count). The average Bonchev–Trinajstić information content (AvgIpc) is 2.56. The number of amides is 1. The number of hydrogen-bond acceptors (Lipinski definition) is 4. The number of carbonyl (C=O) groups excluding carboxylic acids is 1. The molecule has 7 nitrogen and oxygen atoms in total. The van der Waals surface area contributed by atoms with Crippen molar-refractivity contribution in [3.8, 4) is 0 Å². The third-order valence-corrected chi connectivity index (χ3v) is 2.45. The summed E-state index contributed by atoms with van der Waals surface area (Å²) < 4.78 is 6.25.